The molecule has 0 aliphatic carbocycles. The SMILES string of the molecule is CN(C)c1oc(/C=C(/C#N)C2=NN(c3ccccc3)[C@H](N)[C@H]2C#N)cc1Br. The molecule has 27 heavy (non-hydrogen) atoms. The van der Waals surface area contributed by atoms with Crippen LogP contribution in [0.15, 0.2) is 56.0 Å². The number of benzene rings is 1. The molecule has 2 atom stereocenters. The highest BCUT2D eigenvalue weighted by molar-refractivity contribution is 9.10. The highest BCUT2D eigenvalue weighted by Gasteiger charge is 2.37. The van der Waals surface area contributed by atoms with Gasteiger partial charge < -0.3 is 15.1 Å². The summed E-state index contributed by atoms with van der Waals surface area (Å²) in [6.45, 7) is 0. The summed E-state index contributed by atoms with van der Waals surface area (Å²) in [5, 5.41) is 25.3. The number of furan rings is 1. The fourth-order valence-electron chi connectivity index (χ4n) is 2.78. The van der Waals surface area contributed by atoms with Crippen LogP contribution in [0, 0.1) is 28.6 Å². The first-order chi connectivity index (χ1) is 13.0. The van der Waals surface area contributed by atoms with E-state index in [9.17, 15) is 10.5 Å². The molecule has 2 aromatic rings. The molecule has 0 saturated carbocycles. The first-order valence-corrected chi connectivity index (χ1v) is 8.92. The third-order valence-electron chi connectivity index (χ3n) is 4.07. The Balaban J connectivity index is 2.02. The van der Waals surface area contributed by atoms with Gasteiger partial charge in [-0.2, -0.15) is 15.6 Å². The van der Waals surface area contributed by atoms with Crippen LogP contribution in [0.1, 0.15) is 5.76 Å². The smallest absolute Gasteiger partial charge is 0.209 e. The molecule has 8 heteroatoms. The van der Waals surface area contributed by atoms with Crippen molar-refractivity contribution in [3.8, 4) is 12.1 Å². The molecule has 0 spiro atoms. The van der Waals surface area contributed by atoms with Gasteiger partial charge in [-0.1, -0.05) is 18.2 Å². The molecule has 0 bridgehead atoms. The molecule has 2 heterocycles. The van der Waals surface area contributed by atoms with E-state index in [2.05, 4.69) is 33.2 Å². The van der Waals surface area contributed by atoms with Gasteiger partial charge in [-0.15, -0.1) is 0 Å². The zero-order valence-corrected chi connectivity index (χ0v) is 16.4. The molecule has 3 rings (SSSR count). The van der Waals surface area contributed by atoms with Crippen LogP contribution in [0.25, 0.3) is 6.08 Å². The van der Waals surface area contributed by atoms with Crippen LogP contribution in [0.3, 0.4) is 0 Å². The van der Waals surface area contributed by atoms with E-state index < -0.39 is 12.1 Å². The molecule has 0 amide bonds. The third kappa shape index (κ3) is 3.59. The predicted octanol–water partition coefficient (Wildman–Crippen LogP) is 3.32. The lowest BCUT2D eigenvalue weighted by atomic mass is 9.96. The molecule has 1 aromatic heterocycles. The second-order valence-electron chi connectivity index (χ2n) is 6.13. The molecule has 7 nitrogen and oxygen atoms in total. The van der Waals surface area contributed by atoms with Crippen molar-refractivity contribution in [1.82, 2.24) is 0 Å². The second kappa shape index (κ2) is 7.67. The first-order valence-electron chi connectivity index (χ1n) is 8.13. The van der Waals surface area contributed by atoms with E-state index in [1.165, 1.54) is 0 Å². The molecule has 1 aliphatic heterocycles. The standard InChI is InChI=1S/C19H17BrN6O/c1-25(2)19-16(20)9-14(27-19)8-12(10-21)17-15(11-22)18(23)26(24-17)13-6-4-3-5-7-13/h3-9,15,18H,23H2,1-2H3/b12-8-/t15-,18-/m0/s1. The van der Waals surface area contributed by atoms with Crippen LogP contribution >= 0.6 is 15.9 Å². The molecular formula is C19H17BrN6O. The predicted molar refractivity (Wildman–Crippen MR) is 108 cm³/mol. The molecule has 0 saturated heterocycles. The maximum Gasteiger partial charge on any atom is 0.209 e. The van der Waals surface area contributed by atoms with E-state index in [-0.39, 0.29) is 5.57 Å². The van der Waals surface area contributed by atoms with Gasteiger partial charge in [0.25, 0.3) is 0 Å². The normalized spacial score (nSPS) is 19.4. The van der Waals surface area contributed by atoms with Crippen molar-refractivity contribution in [2.75, 3.05) is 24.0 Å². The molecule has 2 N–H and O–H groups in total. The van der Waals surface area contributed by atoms with E-state index in [1.54, 1.807) is 17.2 Å². The Morgan fingerprint density at radius 2 is 2.04 bits per heavy atom. The number of nitrogens with two attached hydrogens (primary N) is 1. The number of nitriles is 2. The van der Waals surface area contributed by atoms with Crippen molar-refractivity contribution in [3.05, 3.63) is 52.2 Å². The third-order valence-corrected chi connectivity index (χ3v) is 4.64. The number of rotatable bonds is 4. The molecule has 0 fully saturated rings. The minimum absolute atomic E-state index is 0.238. The van der Waals surface area contributed by atoms with Crippen molar-refractivity contribution in [2.24, 2.45) is 16.8 Å². The molecule has 1 aliphatic rings. The van der Waals surface area contributed by atoms with E-state index in [1.807, 2.05) is 49.3 Å². The maximum atomic E-state index is 9.66. The maximum absolute atomic E-state index is 9.66. The van der Waals surface area contributed by atoms with E-state index in [0.717, 1.165) is 10.2 Å². The van der Waals surface area contributed by atoms with Crippen LogP contribution in [-0.4, -0.2) is 26.0 Å². The van der Waals surface area contributed by atoms with Crippen LogP contribution in [0.5, 0.6) is 0 Å². The number of allylic oxidation sites excluding steroid dienone is 1. The zero-order chi connectivity index (χ0) is 19.6. The number of hydrazone groups is 1. The molecule has 136 valence electrons. The topological polar surface area (TPSA) is 106 Å². The zero-order valence-electron chi connectivity index (χ0n) is 14.8. The van der Waals surface area contributed by atoms with E-state index >= 15 is 0 Å². The van der Waals surface area contributed by atoms with Gasteiger partial charge in [0, 0.05) is 26.2 Å². The fourth-order valence-corrected chi connectivity index (χ4v) is 3.44. The average molecular weight is 425 g/mol. The Morgan fingerprint density at radius 3 is 2.59 bits per heavy atom. The molecule has 1 aromatic carbocycles. The summed E-state index contributed by atoms with van der Waals surface area (Å²) in [6.07, 6.45) is 0.895. The Kier molecular flexibility index (Phi) is 5.31. The minimum Gasteiger partial charge on any atom is -0.440 e. The second-order valence-corrected chi connectivity index (χ2v) is 6.98. The van der Waals surface area contributed by atoms with Crippen molar-refractivity contribution in [1.29, 1.82) is 10.5 Å². The number of nitrogens with zero attached hydrogens (tertiary/aromatic N) is 5. The van der Waals surface area contributed by atoms with Gasteiger partial charge in [-0.3, -0.25) is 0 Å². The van der Waals surface area contributed by atoms with Crippen LogP contribution in [0.2, 0.25) is 0 Å². The van der Waals surface area contributed by atoms with Crippen molar-refractivity contribution >= 4 is 39.3 Å². The van der Waals surface area contributed by atoms with Gasteiger partial charge >= 0.3 is 0 Å². The largest absolute Gasteiger partial charge is 0.440 e. The van der Waals surface area contributed by atoms with Gasteiger partial charge in [0.05, 0.1) is 27.5 Å². The Morgan fingerprint density at radius 1 is 1.33 bits per heavy atom. The Hall–Kier alpha value is -3.07. The number of para-hydroxylation sites is 1. The first kappa shape index (κ1) is 18.7. The highest BCUT2D eigenvalue weighted by Crippen LogP contribution is 2.32. The number of hydrogen-bond acceptors (Lipinski definition) is 7. The van der Waals surface area contributed by atoms with Crippen molar-refractivity contribution in [2.45, 2.75) is 6.17 Å². The van der Waals surface area contributed by atoms with Gasteiger partial charge in [-0.25, -0.2) is 5.01 Å². The van der Waals surface area contributed by atoms with Crippen LogP contribution in [0.4, 0.5) is 11.6 Å². The summed E-state index contributed by atoms with van der Waals surface area (Å²) in [5.41, 5.74) is 7.55. The number of halogens is 1. The summed E-state index contributed by atoms with van der Waals surface area (Å²) in [6, 6.07) is 15.3. The average Bonchev–Trinajstić information content (AvgIpc) is 3.20. The minimum atomic E-state index is -0.733. The Bertz CT molecular complexity index is 980. The monoisotopic (exact) mass is 424 g/mol. The lowest BCUT2D eigenvalue weighted by Gasteiger charge is -2.21. The summed E-state index contributed by atoms with van der Waals surface area (Å²) < 4.78 is 6.51. The van der Waals surface area contributed by atoms with Gasteiger partial charge in [0.2, 0.25) is 5.88 Å². The van der Waals surface area contributed by atoms with Crippen LogP contribution < -0.4 is 15.6 Å². The summed E-state index contributed by atoms with van der Waals surface area (Å²) >= 11 is 3.43. The Labute approximate surface area is 165 Å². The van der Waals surface area contributed by atoms with Gasteiger partial charge in [0.1, 0.15) is 23.9 Å². The number of hydrogen-bond donors (Lipinski definition) is 1. The summed E-state index contributed by atoms with van der Waals surface area (Å²) in [7, 11) is 3.71. The van der Waals surface area contributed by atoms with Crippen molar-refractivity contribution < 1.29 is 4.42 Å². The van der Waals surface area contributed by atoms with E-state index in [0.29, 0.717) is 17.4 Å². The fraction of sp³-hybridized carbons (Fsp3) is 0.211. The van der Waals surface area contributed by atoms with Crippen LogP contribution in [-0.2, 0) is 0 Å². The van der Waals surface area contributed by atoms with Crippen molar-refractivity contribution in [3.63, 3.8) is 0 Å². The summed E-state index contributed by atoms with van der Waals surface area (Å²) in [5.74, 6) is 0.377. The lowest BCUT2D eigenvalue weighted by molar-refractivity contribution is 0.554. The van der Waals surface area contributed by atoms with Gasteiger partial charge in [-0.05, 0) is 28.1 Å². The molecule has 0 radical (unpaired) electrons. The number of anilines is 2. The van der Waals surface area contributed by atoms with Gasteiger partial charge in [0.15, 0.2) is 0 Å². The highest BCUT2D eigenvalue weighted by atomic mass is 79.9. The summed E-state index contributed by atoms with van der Waals surface area (Å²) in [4.78, 5) is 1.81. The molecule has 0 unspecified atom stereocenters. The molecular weight excluding hydrogens is 408 g/mol. The van der Waals surface area contributed by atoms with E-state index in [4.69, 9.17) is 10.2 Å². The lowest BCUT2D eigenvalue weighted by Crippen LogP contribution is -2.40. The quantitative estimate of drug-likeness (QED) is 0.754.